The number of aromatic nitrogens is 2. The molecule has 106 valence electrons. The summed E-state index contributed by atoms with van der Waals surface area (Å²) in [6.45, 7) is 0. The van der Waals surface area contributed by atoms with Crippen molar-refractivity contribution in [1.82, 2.24) is 10.1 Å². The van der Waals surface area contributed by atoms with Crippen molar-refractivity contribution < 1.29 is 13.3 Å². The van der Waals surface area contributed by atoms with Gasteiger partial charge in [-0.15, -0.1) is 0 Å². The maximum atomic E-state index is 13.6. The van der Waals surface area contributed by atoms with Crippen LogP contribution in [0.25, 0.3) is 11.4 Å². The molecule has 1 aromatic heterocycles. The molecule has 0 aliphatic carbocycles. The summed E-state index contributed by atoms with van der Waals surface area (Å²) >= 11 is 0. The highest BCUT2D eigenvalue weighted by Crippen LogP contribution is 2.19. The predicted molar refractivity (Wildman–Crippen MR) is 73.3 cm³/mol. The number of anilines is 1. The van der Waals surface area contributed by atoms with Gasteiger partial charge in [0, 0.05) is 17.3 Å². The van der Waals surface area contributed by atoms with Crippen LogP contribution in [0.2, 0.25) is 0 Å². The van der Waals surface area contributed by atoms with E-state index in [4.69, 9.17) is 10.3 Å². The molecule has 0 saturated carbocycles. The normalized spacial score (nSPS) is 10.8. The van der Waals surface area contributed by atoms with Crippen LogP contribution in [0.15, 0.2) is 47.0 Å². The average Bonchev–Trinajstić information content (AvgIpc) is 2.91. The van der Waals surface area contributed by atoms with Gasteiger partial charge in [0.15, 0.2) is 0 Å². The van der Waals surface area contributed by atoms with E-state index in [9.17, 15) is 8.78 Å². The van der Waals surface area contributed by atoms with Gasteiger partial charge in [0.1, 0.15) is 11.6 Å². The largest absolute Gasteiger partial charge is 0.399 e. The molecule has 0 unspecified atom stereocenters. The van der Waals surface area contributed by atoms with E-state index in [0.29, 0.717) is 17.1 Å². The molecule has 0 fully saturated rings. The Morgan fingerprint density at radius 1 is 1.05 bits per heavy atom. The lowest BCUT2D eigenvalue weighted by atomic mass is 10.1. The highest BCUT2D eigenvalue weighted by molar-refractivity contribution is 5.58. The van der Waals surface area contributed by atoms with Crippen molar-refractivity contribution >= 4 is 5.69 Å². The Morgan fingerprint density at radius 2 is 1.81 bits per heavy atom. The Kier molecular flexibility index (Phi) is 3.35. The number of nitrogens with two attached hydrogens (primary N) is 1. The fourth-order valence-corrected chi connectivity index (χ4v) is 1.90. The zero-order valence-electron chi connectivity index (χ0n) is 10.9. The van der Waals surface area contributed by atoms with Crippen LogP contribution in [0.5, 0.6) is 0 Å². The maximum absolute atomic E-state index is 13.6. The van der Waals surface area contributed by atoms with Crippen LogP contribution in [0, 0.1) is 11.6 Å². The van der Waals surface area contributed by atoms with Gasteiger partial charge in [-0.05, 0) is 35.9 Å². The summed E-state index contributed by atoms with van der Waals surface area (Å²) in [5.41, 5.74) is 7.28. The molecule has 3 aromatic rings. The summed E-state index contributed by atoms with van der Waals surface area (Å²) in [6, 6.07) is 10.4. The fraction of sp³-hybridized carbons (Fsp3) is 0.0667. The third-order valence-electron chi connectivity index (χ3n) is 2.99. The number of benzene rings is 2. The maximum Gasteiger partial charge on any atom is 0.231 e. The standard InChI is InChI=1S/C15H11F2N3O/c16-11-4-1-10(13(17)8-11)7-14-19-15(20-21-14)9-2-5-12(18)6-3-9/h1-6,8H,7,18H2. The van der Waals surface area contributed by atoms with Crippen molar-refractivity contribution in [3.8, 4) is 11.4 Å². The molecule has 0 bridgehead atoms. The lowest BCUT2D eigenvalue weighted by Gasteiger charge is -1.99. The van der Waals surface area contributed by atoms with Gasteiger partial charge in [-0.1, -0.05) is 11.2 Å². The second-order valence-electron chi connectivity index (χ2n) is 4.55. The lowest BCUT2D eigenvalue weighted by molar-refractivity contribution is 0.384. The van der Waals surface area contributed by atoms with Crippen molar-refractivity contribution in [2.24, 2.45) is 0 Å². The zero-order valence-corrected chi connectivity index (χ0v) is 10.9. The molecule has 0 aliphatic rings. The third-order valence-corrected chi connectivity index (χ3v) is 2.99. The first-order chi connectivity index (χ1) is 10.1. The van der Waals surface area contributed by atoms with E-state index in [2.05, 4.69) is 10.1 Å². The van der Waals surface area contributed by atoms with Crippen LogP contribution in [-0.4, -0.2) is 10.1 Å². The zero-order chi connectivity index (χ0) is 14.8. The minimum absolute atomic E-state index is 0.105. The number of halogens is 2. The van der Waals surface area contributed by atoms with Crippen molar-refractivity contribution in [2.45, 2.75) is 6.42 Å². The number of nitrogens with zero attached hydrogens (tertiary/aromatic N) is 2. The first-order valence-electron chi connectivity index (χ1n) is 6.24. The fourth-order valence-electron chi connectivity index (χ4n) is 1.90. The van der Waals surface area contributed by atoms with E-state index < -0.39 is 11.6 Å². The van der Waals surface area contributed by atoms with Gasteiger partial charge < -0.3 is 10.3 Å². The average molecular weight is 287 g/mol. The minimum atomic E-state index is -0.637. The first-order valence-corrected chi connectivity index (χ1v) is 6.24. The minimum Gasteiger partial charge on any atom is -0.399 e. The lowest BCUT2D eigenvalue weighted by Crippen LogP contribution is -1.94. The van der Waals surface area contributed by atoms with E-state index in [-0.39, 0.29) is 12.3 Å². The van der Waals surface area contributed by atoms with Gasteiger partial charge in [-0.25, -0.2) is 8.78 Å². The highest BCUT2D eigenvalue weighted by Gasteiger charge is 2.12. The quantitative estimate of drug-likeness (QED) is 0.751. The summed E-state index contributed by atoms with van der Waals surface area (Å²) < 4.78 is 31.5. The molecule has 0 amide bonds. The highest BCUT2D eigenvalue weighted by atomic mass is 19.1. The summed E-state index contributed by atoms with van der Waals surface area (Å²) in [4.78, 5) is 4.19. The van der Waals surface area contributed by atoms with Crippen LogP contribution in [0.4, 0.5) is 14.5 Å². The number of nitrogen functional groups attached to an aromatic ring is 1. The molecule has 3 rings (SSSR count). The molecule has 6 heteroatoms. The van der Waals surface area contributed by atoms with Crippen molar-refractivity contribution in [3.05, 3.63) is 65.6 Å². The van der Waals surface area contributed by atoms with Crippen LogP contribution in [0.3, 0.4) is 0 Å². The summed E-state index contributed by atoms with van der Waals surface area (Å²) in [6.07, 6.45) is 0.105. The Morgan fingerprint density at radius 3 is 2.52 bits per heavy atom. The third kappa shape index (κ3) is 2.89. The van der Waals surface area contributed by atoms with Gasteiger partial charge >= 0.3 is 0 Å². The van der Waals surface area contributed by atoms with Crippen molar-refractivity contribution in [1.29, 1.82) is 0 Å². The monoisotopic (exact) mass is 287 g/mol. The van der Waals surface area contributed by atoms with Crippen LogP contribution < -0.4 is 5.73 Å². The van der Waals surface area contributed by atoms with E-state index >= 15 is 0 Å². The molecular weight excluding hydrogens is 276 g/mol. The summed E-state index contributed by atoms with van der Waals surface area (Å²) in [7, 11) is 0. The summed E-state index contributed by atoms with van der Waals surface area (Å²) in [5.74, 6) is -0.605. The molecule has 0 saturated heterocycles. The molecular formula is C15H11F2N3O. The van der Waals surface area contributed by atoms with Crippen LogP contribution >= 0.6 is 0 Å². The molecule has 2 aromatic carbocycles. The van der Waals surface area contributed by atoms with Gasteiger partial charge in [0.05, 0.1) is 6.42 Å². The number of rotatable bonds is 3. The predicted octanol–water partition coefficient (Wildman–Crippen LogP) is 3.19. The number of hydrogen-bond acceptors (Lipinski definition) is 4. The van der Waals surface area contributed by atoms with Crippen LogP contribution in [-0.2, 0) is 6.42 Å². The molecule has 0 radical (unpaired) electrons. The molecule has 1 heterocycles. The van der Waals surface area contributed by atoms with E-state index in [1.807, 2.05) is 0 Å². The first kappa shape index (κ1) is 13.2. The Bertz CT molecular complexity index is 769. The Labute approximate surface area is 119 Å². The Balaban J connectivity index is 1.83. The Hall–Kier alpha value is -2.76. The molecule has 0 spiro atoms. The topological polar surface area (TPSA) is 64.9 Å². The molecule has 0 atom stereocenters. The van der Waals surface area contributed by atoms with E-state index in [1.54, 1.807) is 24.3 Å². The number of hydrogen-bond donors (Lipinski definition) is 1. The van der Waals surface area contributed by atoms with E-state index in [0.717, 1.165) is 11.6 Å². The molecule has 0 aliphatic heterocycles. The van der Waals surface area contributed by atoms with Gasteiger partial charge in [0.25, 0.3) is 0 Å². The second-order valence-corrected chi connectivity index (χ2v) is 4.55. The van der Waals surface area contributed by atoms with Crippen LogP contribution in [0.1, 0.15) is 11.5 Å². The van der Waals surface area contributed by atoms with Crippen molar-refractivity contribution in [3.63, 3.8) is 0 Å². The summed E-state index contributed by atoms with van der Waals surface area (Å²) in [5, 5.41) is 3.84. The SMILES string of the molecule is Nc1ccc(-c2noc(Cc3ccc(F)cc3F)n2)cc1. The van der Waals surface area contributed by atoms with Gasteiger partial charge in [-0.3, -0.25) is 0 Å². The molecule has 21 heavy (non-hydrogen) atoms. The van der Waals surface area contributed by atoms with E-state index in [1.165, 1.54) is 12.1 Å². The molecule has 4 nitrogen and oxygen atoms in total. The second kappa shape index (κ2) is 5.32. The van der Waals surface area contributed by atoms with Crippen molar-refractivity contribution in [2.75, 3.05) is 5.73 Å². The van der Waals surface area contributed by atoms with Gasteiger partial charge in [0.2, 0.25) is 11.7 Å². The molecule has 2 N–H and O–H groups in total. The smallest absolute Gasteiger partial charge is 0.231 e. The van der Waals surface area contributed by atoms with Gasteiger partial charge in [-0.2, -0.15) is 4.98 Å².